The van der Waals surface area contributed by atoms with Gasteiger partial charge in [0.2, 0.25) is 5.91 Å². The molecule has 0 aromatic heterocycles. The standard InChI is InChI=1S/C16H23ClFN3O/c1-12(16-13(17)4-3-5-14(16)18)19-7-6-15(22)21-10-8-20(2)9-11-21/h3-5,12,19H,6-11H2,1-2H3/t12-/m0/s1. The molecule has 1 aromatic carbocycles. The van der Waals surface area contributed by atoms with Crippen LogP contribution in [0.4, 0.5) is 4.39 Å². The second-order valence-corrected chi connectivity index (χ2v) is 6.15. The fraction of sp³-hybridized carbons (Fsp3) is 0.562. The largest absolute Gasteiger partial charge is 0.340 e. The summed E-state index contributed by atoms with van der Waals surface area (Å²) in [5.74, 6) is -0.176. The van der Waals surface area contributed by atoms with Crippen molar-refractivity contribution in [2.24, 2.45) is 0 Å². The third kappa shape index (κ3) is 4.41. The third-order valence-electron chi connectivity index (χ3n) is 4.08. The number of nitrogens with one attached hydrogen (secondary N) is 1. The van der Waals surface area contributed by atoms with Crippen molar-refractivity contribution in [2.75, 3.05) is 39.8 Å². The van der Waals surface area contributed by atoms with Crippen LogP contribution in [0.3, 0.4) is 0 Å². The van der Waals surface area contributed by atoms with Gasteiger partial charge in [-0.3, -0.25) is 4.79 Å². The molecule has 0 spiro atoms. The summed E-state index contributed by atoms with van der Waals surface area (Å²) in [4.78, 5) is 16.2. The molecule has 0 unspecified atom stereocenters. The summed E-state index contributed by atoms with van der Waals surface area (Å²) in [6.07, 6.45) is 0.417. The second kappa shape index (κ2) is 7.90. The maximum atomic E-state index is 13.8. The van der Waals surface area contributed by atoms with Crippen molar-refractivity contribution in [2.45, 2.75) is 19.4 Å². The molecule has 1 aromatic rings. The van der Waals surface area contributed by atoms with E-state index in [-0.39, 0.29) is 17.8 Å². The van der Waals surface area contributed by atoms with Crippen LogP contribution in [-0.2, 0) is 4.79 Å². The lowest BCUT2D eigenvalue weighted by atomic mass is 10.1. The highest BCUT2D eigenvalue weighted by molar-refractivity contribution is 6.31. The molecular formula is C16H23ClFN3O. The van der Waals surface area contributed by atoms with Crippen LogP contribution < -0.4 is 5.32 Å². The second-order valence-electron chi connectivity index (χ2n) is 5.75. The molecule has 22 heavy (non-hydrogen) atoms. The number of halogens is 2. The monoisotopic (exact) mass is 327 g/mol. The smallest absolute Gasteiger partial charge is 0.223 e. The van der Waals surface area contributed by atoms with Gasteiger partial charge in [-0.2, -0.15) is 0 Å². The number of piperazine rings is 1. The van der Waals surface area contributed by atoms with E-state index in [4.69, 9.17) is 11.6 Å². The lowest BCUT2D eigenvalue weighted by molar-refractivity contribution is -0.132. The molecule has 1 heterocycles. The summed E-state index contributed by atoms with van der Waals surface area (Å²) in [6.45, 7) is 5.76. The minimum atomic E-state index is -0.321. The van der Waals surface area contributed by atoms with Gasteiger partial charge in [-0.25, -0.2) is 4.39 Å². The van der Waals surface area contributed by atoms with Gasteiger partial charge in [0.05, 0.1) is 0 Å². The molecule has 1 aliphatic rings. The molecular weight excluding hydrogens is 305 g/mol. The Balaban J connectivity index is 1.79. The first-order valence-corrected chi connectivity index (χ1v) is 8.00. The molecule has 0 aliphatic carbocycles. The van der Waals surface area contributed by atoms with Crippen LogP contribution in [0, 0.1) is 5.82 Å². The van der Waals surface area contributed by atoms with Gasteiger partial charge in [-0.15, -0.1) is 0 Å². The van der Waals surface area contributed by atoms with Crippen LogP contribution in [-0.4, -0.2) is 55.5 Å². The predicted molar refractivity (Wildman–Crippen MR) is 86.5 cm³/mol. The predicted octanol–water partition coefficient (Wildman–Crippen LogP) is 2.29. The number of carbonyl (C=O) groups is 1. The van der Waals surface area contributed by atoms with Crippen molar-refractivity contribution < 1.29 is 9.18 Å². The van der Waals surface area contributed by atoms with E-state index in [9.17, 15) is 9.18 Å². The van der Waals surface area contributed by atoms with E-state index in [1.807, 2.05) is 11.8 Å². The summed E-state index contributed by atoms with van der Waals surface area (Å²) in [6, 6.07) is 4.43. The van der Waals surface area contributed by atoms with Crippen LogP contribution in [0.5, 0.6) is 0 Å². The van der Waals surface area contributed by atoms with Crippen molar-refractivity contribution in [3.05, 3.63) is 34.6 Å². The van der Waals surface area contributed by atoms with Gasteiger partial charge in [0.25, 0.3) is 0 Å². The van der Waals surface area contributed by atoms with Crippen molar-refractivity contribution in [3.63, 3.8) is 0 Å². The molecule has 1 aliphatic heterocycles. The summed E-state index contributed by atoms with van der Waals surface area (Å²) in [5, 5.41) is 3.58. The van der Waals surface area contributed by atoms with Gasteiger partial charge in [-0.05, 0) is 26.1 Å². The zero-order valence-corrected chi connectivity index (χ0v) is 13.9. The van der Waals surface area contributed by atoms with Gasteiger partial charge in [-0.1, -0.05) is 17.7 Å². The SMILES string of the molecule is C[C@H](NCCC(=O)N1CCN(C)CC1)c1c(F)cccc1Cl. The average molecular weight is 328 g/mol. The summed E-state index contributed by atoms with van der Waals surface area (Å²) in [5.41, 5.74) is 0.455. The van der Waals surface area contributed by atoms with E-state index in [0.717, 1.165) is 26.2 Å². The average Bonchev–Trinajstić information content (AvgIpc) is 2.47. The molecule has 0 radical (unpaired) electrons. The Bertz CT molecular complexity index is 498. The van der Waals surface area contributed by atoms with Gasteiger partial charge in [0.1, 0.15) is 5.82 Å². The summed E-state index contributed by atoms with van der Waals surface area (Å²) >= 11 is 6.04. The molecule has 1 atom stereocenters. The number of amides is 1. The fourth-order valence-electron chi connectivity index (χ4n) is 2.64. The quantitative estimate of drug-likeness (QED) is 0.901. The maximum absolute atomic E-state index is 13.8. The zero-order valence-electron chi connectivity index (χ0n) is 13.1. The van der Waals surface area contributed by atoms with Crippen molar-refractivity contribution in [1.82, 2.24) is 15.1 Å². The first kappa shape index (κ1) is 17.2. The number of hydrogen-bond donors (Lipinski definition) is 1. The Kier molecular flexibility index (Phi) is 6.17. The molecule has 1 saturated heterocycles. The van der Waals surface area contributed by atoms with E-state index in [0.29, 0.717) is 23.6 Å². The number of rotatable bonds is 5. The van der Waals surface area contributed by atoms with Crippen LogP contribution in [0.15, 0.2) is 18.2 Å². The Labute approximate surface area is 136 Å². The number of carbonyl (C=O) groups excluding carboxylic acids is 1. The van der Waals surface area contributed by atoms with E-state index < -0.39 is 0 Å². The van der Waals surface area contributed by atoms with Gasteiger partial charge in [0.15, 0.2) is 0 Å². The Morgan fingerprint density at radius 1 is 1.36 bits per heavy atom. The molecule has 0 saturated carbocycles. The van der Waals surface area contributed by atoms with Gasteiger partial charge < -0.3 is 15.1 Å². The minimum Gasteiger partial charge on any atom is -0.340 e. The third-order valence-corrected chi connectivity index (χ3v) is 4.41. The van der Waals surface area contributed by atoms with Crippen LogP contribution in [0.25, 0.3) is 0 Å². The number of hydrogen-bond acceptors (Lipinski definition) is 3. The van der Waals surface area contributed by atoms with E-state index >= 15 is 0 Å². The van der Waals surface area contributed by atoms with E-state index in [1.165, 1.54) is 6.07 Å². The van der Waals surface area contributed by atoms with Gasteiger partial charge >= 0.3 is 0 Å². The van der Waals surface area contributed by atoms with Gasteiger partial charge in [0, 0.05) is 55.8 Å². The zero-order chi connectivity index (χ0) is 16.1. The first-order chi connectivity index (χ1) is 10.5. The molecule has 1 fully saturated rings. The highest BCUT2D eigenvalue weighted by Gasteiger charge is 2.19. The topological polar surface area (TPSA) is 35.6 Å². The van der Waals surface area contributed by atoms with Crippen molar-refractivity contribution in [3.8, 4) is 0 Å². The molecule has 1 N–H and O–H groups in total. The molecule has 4 nitrogen and oxygen atoms in total. The van der Waals surface area contributed by atoms with E-state index in [2.05, 4.69) is 17.3 Å². The lowest BCUT2D eigenvalue weighted by Crippen LogP contribution is -2.47. The summed E-state index contributed by atoms with van der Waals surface area (Å²) < 4.78 is 13.8. The summed E-state index contributed by atoms with van der Waals surface area (Å²) in [7, 11) is 2.06. The highest BCUT2D eigenvalue weighted by Crippen LogP contribution is 2.25. The Morgan fingerprint density at radius 2 is 2.05 bits per heavy atom. The number of benzene rings is 1. The lowest BCUT2D eigenvalue weighted by Gasteiger charge is -2.32. The van der Waals surface area contributed by atoms with Crippen LogP contribution in [0.2, 0.25) is 5.02 Å². The molecule has 0 bridgehead atoms. The van der Waals surface area contributed by atoms with Crippen LogP contribution in [0.1, 0.15) is 24.9 Å². The number of nitrogens with zero attached hydrogens (tertiary/aromatic N) is 2. The molecule has 2 rings (SSSR count). The molecule has 6 heteroatoms. The van der Waals surface area contributed by atoms with Crippen LogP contribution >= 0.6 is 11.6 Å². The normalized spacial score (nSPS) is 17.5. The minimum absolute atomic E-state index is 0.146. The molecule has 1 amide bonds. The fourth-order valence-corrected chi connectivity index (χ4v) is 2.96. The highest BCUT2D eigenvalue weighted by atomic mass is 35.5. The Morgan fingerprint density at radius 3 is 2.68 bits per heavy atom. The van der Waals surface area contributed by atoms with E-state index in [1.54, 1.807) is 12.1 Å². The molecule has 122 valence electrons. The van der Waals surface area contributed by atoms with Crippen molar-refractivity contribution in [1.29, 1.82) is 0 Å². The maximum Gasteiger partial charge on any atom is 0.223 e. The number of likely N-dealkylation sites (N-methyl/N-ethyl adjacent to an activating group) is 1. The first-order valence-electron chi connectivity index (χ1n) is 7.62. The van der Waals surface area contributed by atoms with Crippen molar-refractivity contribution >= 4 is 17.5 Å². The Hall–Kier alpha value is -1.17.